The van der Waals surface area contributed by atoms with Gasteiger partial charge in [-0.3, -0.25) is 4.79 Å². The number of aryl methyl sites for hydroxylation is 1. The first kappa shape index (κ1) is 22.9. The van der Waals surface area contributed by atoms with Gasteiger partial charge in [-0.1, -0.05) is 48.5 Å². The fraction of sp³-hybridized carbons (Fsp3) is 0.233. The van der Waals surface area contributed by atoms with Crippen LogP contribution in [0.1, 0.15) is 45.8 Å². The van der Waals surface area contributed by atoms with Crippen molar-refractivity contribution in [1.82, 2.24) is 5.32 Å². The molecule has 5 rings (SSSR count). The molecule has 1 aromatic heterocycles. The molecule has 1 heterocycles. The molecular weight excluding hydrogens is 436 g/mol. The Morgan fingerprint density at radius 2 is 1.80 bits per heavy atom. The van der Waals surface area contributed by atoms with Gasteiger partial charge in [0.25, 0.3) is 5.91 Å². The summed E-state index contributed by atoms with van der Waals surface area (Å²) in [5.41, 5.74) is 8.24. The summed E-state index contributed by atoms with van der Waals surface area (Å²) in [6, 6.07) is 20.3. The predicted octanol–water partition coefficient (Wildman–Crippen LogP) is 6.42. The molecule has 0 spiro atoms. The van der Waals surface area contributed by atoms with Crippen molar-refractivity contribution in [3.05, 3.63) is 89.5 Å². The molecule has 0 saturated heterocycles. The van der Waals surface area contributed by atoms with Crippen molar-refractivity contribution in [2.24, 2.45) is 0 Å². The Morgan fingerprint density at radius 3 is 2.40 bits per heavy atom. The van der Waals surface area contributed by atoms with E-state index in [1.165, 1.54) is 5.56 Å². The number of amides is 1. The van der Waals surface area contributed by atoms with E-state index in [0.717, 1.165) is 46.3 Å². The van der Waals surface area contributed by atoms with Crippen LogP contribution in [-0.2, 0) is 0 Å². The SMILES string of the molecule is C=C(CO)c1ccc(N(C)c2cc3oc(-c4ccc(C)cc4)c(C(=O)NC)c3cc2C2CC2)cc1. The zero-order chi connectivity index (χ0) is 24.7. The van der Waals surface area contributed by atoms with E-state index in [-0.39, 0.29) is 12.5 Å². The lowest BCUT2D eigenvalue weighted by atomic mass is 9.99. The lowest BCUT2D eigenvalue weighted by Crippen LogP contribution is -2.18. The van der Waals surface area contributed by atoms with E-state index in [4.69, 9.17) is 4.42 Å². The maximum atomic E-state index is 13.0. The van der Waals surface area contributed by atoms with Crippen LogP contribution in [0.2, 0.25) is 0 Å². The van der Waals surface area contributed by atoms with Crippen molar-refractivity contribution in [2.45, 2.75) is 25.7 Å². The molecule has 5 heteroatoms. The van der Waals surface area contributed by atoms with Crippen molar-refractivity contribution in [1.29, 1.82) is 0 Å². The van der Waals surface area contributed by atoms with Gasteiger partial charge in [0.15, 0.2) is 0 Å². The van der Waals surface area contributed by atoms with Gasteiger partial charge in [-0.25, -0.2) is 0 Å². The van der Waals surface area contributed by atoms with Crippen molar-refractivity contribution in [3.8, 4) is 11.3 Å². The summed E-state index contributed by atoms with van der Waals surface area (Å²) in [6.45, 7) is 5.89. The first-order valence-electron chi connectivity index (χ1n) is 11.9. The number of aliphatic hydroxyl groups is 1. The number of hydrogen-bond acceptors (Lipinski definition) is 4. The van der Waals surface area contributed by atoms with Gasteiger partial charge in [-0.2, -0.15) is 0 Å². The molecule has 2 N–H and O–H groups in total. The smallest absolute Gasteiger partial charge is 0.255 e. The van der Waals surface area contributed by atoms with Crippen LogP contribution in [-0.4, -0.2) is 31.7 Å². The van der Waals surface area contributed by atoms with Gasteiger partial charge in [-0.15, -0.1) is 0 Å². The van der Waals surface area contributed by atoms with Crippen LogP contribution in [0.25, 0.3) is 27.9 Å². The summed E-state index contributed by atoms with van der Waals surface area (Å²) >= 11 is 0. The zero-order valence-electron chi connectivity index (χ0n) is 20.4. The molecule has 5 nitrogen and oxygen atoms in total. The third-order valence-corrected chi connectivity index (χ3v) is 6.84. The lowest BCUT2D eigenvalue weighted by molar-refractivity contribution is 0.0964. The van der Waals surface area contributed by atoms with E-state index < -0.39 is 0 Å². The number of furan rings is 1. The number of nitrogens with zero attached hydrogens (tertiary/aromatic N) is 1. The molecule has 1 aliphatic carbocycles. The minimum atomic E-state index is -0.151. The van der Waals surface area contributed by atoms with E-state index in [2.05, 4.69) is 28.9 Å². The summed E-state index contributed by atoms with van der Waals surface area (Å²) in [4.78, 5) is 15.2. The third-order valence-electron chi connectivity index (χ3n) is 6.84. The Morgan fingerprint density at radius 1 is 1.11 bits per heavy atom. The number of carbonyl (C=O) groups excluding carboxylic acids is 1. The number of rotatable bonds is 7. The van der Waals surface area contributed by atoms with E-state index >= 15 is 0 Å². The Bertz CT molecular complexity index is 1410. The third kappa shape index (κ3) is 4.24. The van der Waals surface area contributed by atoms with Crippen molar-refractivity contribution >= 4 is 33.8 Å². The van der Waals surface area contributed by atoms with Crippen LogP contribution in [0.4, 0.5) is 11.4 Å². The number of fused-ring (bicyclic) bond motifs is 1. The minimum absolute atomic E-state index is 0.0623. The maximum absolute atomic E-state index is 13.0. The highest BCUT2D eigenvalue weighted by Gasteiger charge is 2.30. The van der Waals surface area contributed by atoms with Gasteiger partial charge in [0.1, 0.15) is 11.3 Å². The van der Waals surface area contributed by atoms with Crippen LogP contribution in [0.3, 0.4) is 0 Å². The zero-order valence-corrected chi connectivity index (χ0v) is 20.4. The van der Waals surface area contributed by atoms with Gasteiger partial charge >= 0.3 is 0 Å². The van der Waals surface area contributed by atoms with Crippen molar-refractivity contribution in [3.63, 3.8) is 0 Å². The molecule has 0 bridgehead atoms. The molecule has 0 radical (unpaired) electrons. The van der Waals surface area contributed by atoms with E-state index in [0.29, 0.717) is 28.4 Å². The topological polar surface area (TPSA) is 65.7 Å². The van der Waals surface area contributed by atoms with Crippen LogP contribution in [0, 0.1) is 6.92 Å². The summed E-state index contributed by atoms with van der Waals surface area (Å²) in [5, 5.41) is 13.0. The number of carbonyl (C=O) groups is 1. The monoisotopic (exact) mass is 466 g/mol. The number of anilines is 2. The van der Waals surface area contributed by atoms with Crippen molar-refractivity contribution in [2.75, 3.05) is 25.6 Å². The highest BCUT2D eigenvalue weighted by Crippen LogP contribution is 2.48. The fourth-order valence-electron chi connectivity index (χ4n) is 4.57. The quantitative estimate of drug-likeness (QED) is 0.330. The molecule has 0 aliphatic heterocycles. The second kappa shape index (κ2) is 9.08. The van der Waals surface area contributed by atoms with E-state index in [1.54, 1.807) is 7.05 Å². The first-order chi connectivity index (χ1) is 16.9. The first-order valence-corrected chi connectivity index (χ1v) is 11.9. The molecule has 1 aliphatic rings. The molecular formula is C30H30N2O3. The maximum Gasteiger partial charge on any atom is 0.255 e. The summed E-state index contributed by atoms with van der Waals surface area (Å²) < 4.78 is 6.37. The van der Waals surface area contributed by atoms with Crippen LogP contribution < -0.4 is 10.2 Å². The molecule has 1 fully saturated rings. The summed E-state index contributed by atoms with van der Waals surface area (Å²) in [6.07, 6.45) is 2.28. The van der Waals surface area contributed by atoms with E-state index in [9.17, 15) is 9.90 Å². The van der Waals surface area contributed by atoms with Gasteiger partial charge in [0.2, 0.25) is 0 Å². The van der Waals surface area contributed by atoms with Gasteiger partial charge in [0, 0.05) is 42.5 Å². The number of hydrogen-bond donors (Lipinski definition) is 2. The normalized spacial score (nSPS) is 13.1. The molecule has 35 heavy (non-hydrogen) atoms. The van der Waals surface area contributed by atoms with Crippen LogP contribution >= 0.6 is 0 Å². The van der Waals surface area contributed by atoms with E-state index in [1.807, 2.05) is 62.5 Å². The minimum Gasteiger partial charge on any atom is -0.455 e. The van der Waals surface area contributed by atoms with Crippen molar-refractivity contribution < 1.29 is 14.3 Å². The largest absolute Gasteiger partial charge is 0.455 e. The Labute approximate surface area is 205 Å². The van der Waals surface area contributed by atoms with Gasteiger partial charge in [0.05, 0.1) is 12.2 Å². The molecule has 1 saturated carbocycles. The lowest BCUT2D eigenvalue weighted by Gasteiger charge is -2.23. The average molecular weight is 467 g/mol. The van der Waals surface area contributed by atoms with Crippen LogP contribution in [0.5, 0.6) is 0 Å². The summed E-state index contributed by atoms with van der Waals surface area (Å²) in [7, 11) is 3.70. The molecule has 178 valence electrons. The molecule has 0 unspecified atom stereocenters. The fourth-order valence-corrected chi connectivity index (χ4v) is 4.57. The highest BCUT2D eigenvalue weighted by atomic mass is 16.3. The van der Waals surface area contributed by atoms with Crippen LogP contribution in [0.15, 0.2) is 71.7 Å². The summed E-state index contributed by atoms with van der Waals surface area (Å²) in [5.74, 6) is 0.912. The molecule has 0 atom stereocenters. The Hall–Kier alpha value is -3.83. The molecule has 1 amide bonds. The average Bonchev–Trinajstić information content (AvgIpc) is 3.67. The predicted molar refractivity (Wildman–Crippen MR) is 142 cm³/mol. The number of benzene rings is 3. The Balaban J connectivity index is 1.65. The number of aliphatic hydroxyl groups excluding tert-OH is 1. The standard InChI is InChI=1S/C30H30N2O3/c1-18-5-7-22(8-6-18)29-28(30(34)31-3)25-15-24(21-9-10-21)26(16-27(25)35-29)32(4)23-13-11-20(12-14-23)19(2)17-33/h5-8,11-16,21,33H,2,9-10,17H2,1,3-4H3,(H,31,34). The Kier molecular flexibility index (Phi) is 5.95. The number of nitrogens with one attached hydrogen (secondary N) is 1. The van der Waals surface area contributed by atoms with Gasteiger partial charge < -0.3 is 19.7 Å². The van der Waals surface area contributed by atoms with Gasteiger partial charge in [-0.05, 0) is 60.6 Å². The highest BCUT2D eigenvalue weighted by molar-refractivity contribution is 6.12. The molecule has 4 aromatic rings. The second-order valence-electron chi connectivity index (χ2n) is 9.30. The molecule has 3 aromatic carbocycles. The second-order valence-corrected chi connectivity index (χ2v) is 9.30.